The molecule has 1 atom stereocenters. The second-order valence-electron chi connectivity index (χ2n) is 9.58. The van der Waals surface area contributed by atoms with E-state index in [4.69, 9.17) is 23.2 Å². The number of nitrogens with zero attached hydrogens (tertiary/aromatic N) is 1. The maximum Gasteiger partial charge on any atom is 0.326 e. The Morgan fingerprint density at radius 1 is 0.975 bits per heavy atom. The molecular weight excluding hydrogens is 567 g/mol. The van der Waals surface area contributed by atoms with E-state index in [-0.39, 0.29) is 24.2 Å². The Bertz CT molecular complexity index is 1390. The Morgan fingerprint density at radius 3 is 2.25 bits per heavy atom. The van der Waals surface area contributed by atoms with Crippen molar-refractivity contribution < 1.29 is 19.5 Å². The highest BCUT2D eigenvalue weighted by molar-refractivity contribution is 7.98. The highest BCUT2D eigenvalue weighted by Gasteiger charge is 2.29. The molecule has 40 heavy (non-hydrogen) atoms. The lowest BCUT2D eigenvalue weighted by atomic mass is 9.94. The number of carbonyl (C=O) groups excluding carboxylic acids is 2. The van der Waals surface area contributed by atoms with Crippen LogP contribution in [-0.2, 0) is 20.8 Å². The van der Waals surface area contributed by atoms with Crippen LogP contribution in [0.25, 0.3) is 17.2 Å². The molecule has 4 rings (SSSR count). The van der Waals surface area contributed by atoms with Crippen molar-refractivity contribution >= 4 is 58.8 Å². The van der Waals surface area contributed by atoms with Gasteiger partial charge in [0, 0.05) is 36.4 Å². The molecule has 9 heteroatoms. The topological polar surface area (TPSA) is 86.7 Å². The molecule has 2 N–H and O–H groups in total. The maximum absolute atomic E-state index is 12.9. The predicted molar refractivity (Wildman–Crippen MR) is 162 cm³/mol. The second kappa shape index (κ2) is 13.9. The van der Waals surface area contributed by atoms with Gasteiger partial charge in [-0.2, -0.15) is 0 Å². The molecule has 0 spiro atoms. The largest absolute Gasteiger partial charge is 0.480 e. The molecule has 0 aromatic heterocycles. The first-order valence-corrected chi connectivity index (χ1v) is 14.9. The molecule has 0 bridgehead atoms. The minimum absolute atomic E-state index is 0.178. The summed E-state index contributed by atoms with van der Waals surface area (Å²) in [5.74, 6) is -1.92. The van der Waals surface area contributed by atoms with Crippen LogP contribution in [0.3, 0.4) is 0 Å². The number of aliphatic carboxylic acids is 1. The van der Waals surface area contributed by atoms with Crippen molar-refractivity contribution in [2.45, 2.75) is 30.2 Å². The molecule has 1 saturated heterocycles. The van der Waals surface area contributed by atoms with Gasteiger partial charge in [-0.25, -0.2) is 4.79 Å². The molecule has 3 aromatic rings. The van der Waals surface area contributed by atoms with Crippen LogP contribution in [0.4, 0.5) is 0 Å². The van der Waals surface area contributed by atoms with Gasteiger partial charge < -0.3 is 15.3 Å². The van der Waals surface area contributed by atoms with Crippen LogP contribution in [0, 0.1) is 5.92 Å². The minimum Gasteiger partial charge on any atom is -0.480 e. The van der Waals surface area contributed by atoms with Gasteiger partial charge in [-0.3, -0.25) is 9.59 Å². The number of benzene rings is 3. The van der Waals surface area contributed by atoms with E-state index in [0.717, 1.165) is 21.6 Å². The molecule has 1 aliphatic rings. The Hall–Kier alpha value is -3.26. The summed E-state index contributed by atoms with van der Waals surface area (Å²) in [4.78, 5) is 40.1. The van der Waals surface area contributed by atoms with E-state index >= 15 is 0 Å². The van der Waals surface area contributed by atoms with Gasteiger partial charge in [-0.05, 0) is 53.5 Å². The molecule has 1 heterocycles. The number of nitrogens with one attached hydrogen (secondary N) is 1. The summed E-state index contributed by atoms with van der Waals surface area (Å²) in [7, 11) is 0. The highest BCUT2D eigenvalue weighted by Crippen LogP contribution is 2.35. The standard InChI is InChI=1S/C31H30Cl2N2O4S/c1-40-26-13-11-23(28(32)29(26)33)12-14-27(36)35-17-15-24(16-18-35)30(37)34-25(31(38)39)19-20-7-9-22(10-8-20)21-5-3-2-4-6-21/h2-14,24-25H,15-19H2,1H3,(H,34,37)(H,38,39). The minimum atomic E-state index is -1.08. The molecule has 1 fully saturated rings. The van der Waals surface area contributed by atoms with Crippen molar-refractivity contribution in [1.82, 2.24) is 10.2 Å². The third kappa shape index (κ3) is 7.47. The Kier molecular flexibility index (Phi) is 10.3. The lowest BCUT2D eigenvalue weighted by Crippen LogP contribution is -2.48. The third-order valence-electron chi connectivity index (χ3n) is 7.00. The van der Waals surface area contributed by atoms with Gasteiger partial charge in [-0.1, -0.05) is 83.9 Å². The van der Waals surface area contributed by atoms with Gasteiger partial charge in [-0.15, -0.1) is 11.8 Å². The van der Waals surface area contributed by atoms with Crippen molar-refractivity contribution in [2.75, 3.05) is 19.3 Å². The van der Waals surface area contributed by atoms with E-state index in [1.54, 1.807) is 11.0 Å². The zero-order valence-corrected chi connectivity index (χ0v) is 24.3. The van der Waals surface area contributed by atoms with Gasteiger partial charge >= 0.3 is 5.97 Å². The number of thioether (sulfide) groups is 1. The third-order valence-corrected chi connectivity index (χ3v) is 8.78. The fourth-order valence-electron chi connectivity index (χ4n) is 4.65. The zero-order chi connectivity index (χ0) is 28.6. The number of hydrogen-bond acceptors (Lipinski definition) is 4. The van der Waals surface area contributed by atoms with Crippen LogP contribution in [0.2, 0.25) is 10.0 Å². The molecule has 0 aliphatic carbocycles. The molecule has 1 unspecified atom stereocenters. The summed E-state index contributed by atoms with van der Waals surface area (Å²) in [6.45, 7) is 0.805. The van der Waals surface area contributed by atoms with Crippen molar-refractivity contribution in [3.63, 3.8) is 0 Å². The number of carboxylic acids is 1. The number of likely N-dealkylation sites (tertiary alicyclic amines) is 1. The van der Waals surface area contributed by atoms with Gasteiger partial charge in [0.15, 0.2) is 0 Å². The van der Waals surface area contributed by atoms with Crippen molar-refractivity contribution in [1.29, 1.82) is 0 Å². The van der Waals surface area contributed by atoms with Crippen LogP contribution < -0.4 is 5.32 Å². The highest BCUT2D eigenvalue weighted by atomic mass is 35.5. The van der Waals surface area contributed by atoms with Gasteiger partial charge in [0.1, 0.15) is 6.04 Å². The molecular formula is C31H30Cl2N2O4S. The molecule has 0 saturated carbocycles. The van der Waals surface area contributed by atoms with E-state index in [0.29, 0.717) is 41.5 Å². The zero-order valence-electron chi connectivity index (χ0n) is 22.0. The number of hydrogen-bond donors (Lipinski definition) is 2. The number of halogens is 2. The van der Waals surface area contributed by atoms with Crippen molar-refractivity contribution in [3.8, 4) is 11.1 Å². The average molecular weight is 598 g/mol. The van der Waals surface area contributed by atoms with Crippen LogP contribution in [-0.4, -0.2) is 53.2 Å². The van der Waals surface area contributed by atoms with Crippen LogP contribution in [0.1, 0.15) is 24.0 Å². The van der Waals surface area contributed by atoms with Gasteiger partial charge in [0.25, 0.3) is 0 Å². The Morgan fingerprint density at radius 2 is 1.62 bits per heavy atom. The van der Waals surface area contributed by atoms with E-state index in [1.807, 2.05) is 73.0 Å². The summed E-state index contributed by atoms with van der Waals surface area (Å²) in [6.07, 6.45) is 6.11. The van der Waals surface area contributed by atoms with Crippen LogP contribution in [0.15, 0.2) is 77.7 Å². The number of amides is 2. The number of carboxylic acid groups (broad SMARTS) is 1. The Balaban J connectivity index is 1.29. The van der Waals surface area contributed by atoms with E-state index < -0.39 is 12.0 Å². The number of carbonyl (C=O) groups is 3. The second-order valence-corrected chi connectivity index (χ2v) is 11.2. The quantitative estimate of drug-likeness (QED) is 0.219. The van der Waals surface area contributed by atoms with Crippen molar-refractivity contribution in [2.24, 2.45) is 5.92 Å². The molecule has 6 nitrogen and oxygen atoms in total. The van der Waals surface area contributed by atoms with Crippen LogP contribution in [0.5, 0.6) is 0 Å². The summed E-state index contributed by atoms with van der Waals surface area (Å²) in [5, 5.41) is 13.3. The van der Waals surface area contributed by atoms with Crippen molar-refractivity contribution in [3.05, 3.63) is 94.0 Å². The number of rotatable bonds is 9. The lowest BCUT2D eigenvalue weighted by molar-refractivity contribution is -0.142. The SMILES string of the molecule is CSc1ccc(C=CC(=O)N2CCC(C(=O)NC(Cc3ccc(-c4ccccc4)cc3)C(=O)O)CC2)c(Cl)c1Cl. The van der Waals surface area contributed by atoms with E-state index in [2.05, 4.69) is 5.32 Å². The maximum atomic E-state index is 12.9. The number of piperidine rings is 1. The lowest BCUT2D eigenvalue weighted by Gasteiger charge is -2.31. The first-order chi connectivity index (χ1) is 19.3. The molecule has 0 radical (unpaired) electrons. The first-order valence-electron chi connectivity index (χ1n) is 12.9. The Labute approximate surface area is 248 Å². The monoisotopic (exact) mass is 596 g/mol. The van der Waals surface area contributed by atoms with E-state index in [9.17, 15) is 19.5 Å². The molecule has 208 valence electrons. The van der Waals surface area contributed by atoms with Gasteiger partial charge in [0.2, 0.25) is 11.8 Å². The molecule has 1 aliphatic heterocycles. The van der Waals surface area contributed by atoms with Crippen LogP contribution >= 0.6 is 35.0 Å². The molecule has 3 aromatic carbocycles. The predicted octanol–water partition coefficient (Wildman–Crippen LogP) is 6.45. The summed E-state index contributed by atoms with van der Waals surface area (Å²) in [5.41, 5.74) is 3.60. The normalized spacial score (nSPS) is 14.7. The summed E-state index contributed by atoms with van der Waals surface area (Å²) in [6, 6.07) is 20.2. The summed E-state index contributed by atoms with van der Waals surface area (Å²) >= 11 is 14.1. The fourth-order valence-corrected chi connectivity index (χ4v) is 5.82. The molecule has 2 amide bonds. The first kappa shape index (κ1) is 29.7. The smallest absolute Gasteiger partial charge is 0.326 e. The van der Waals surface area contributed by atoms with Gasteiger partial charge in [0.05, 0.1) is 10.0 Å². The average Bonchev–Trinajstić information content (AvgIpc) is 2.98. The van der Waals surface area contributed by atoms with E-state index in [1.165, 1.54) is 17.8 Å². The fraction of sp³-hybridized carbons (Fsp3) is 0.258. The summed E-state index contributed by atoms with van der Waals surface area (Å²) < 4.78 is 0.